The minimum Gasteiger partial charge on any atom is -0.352 e. The molecule has 3 atom stereocenters. The van der Waals surface area contributed by atoms with Gasteiger partial charge in [-0.15, -0.1) is 11.3 Å². The molecule has 2 aromatic heterocycles. The van der Waals surface area contributed by atoms with Gasteiger partial charge in [0.15, 0.2) is 5.49 Å². The first-order valence-electron chi connectivity index (χ1n) is 14.0. The standard InChI is InChI=1S/C31H41N5O2S/c1-30(2,3)19-36-24-13-12-23(33-27(24)35(6)29(36)38)21-14-15-31(4,5)25(16-21)34-26(37)17-22-18-39-28(32-22)20-10-8-7-9-11-20/h7-11,13,18,21,23,25H,12,14-17,19H2,1-6H3,(H,34,37). The number of aromatic nitrogens is 3. The van der Waals surface area contributed by atoms with Crippen molar-refractivity contribution in [1.82, 2.24) is 19.4 Å². The number of hydrogen-bond donors (Lipinski definition) is 1. The molecule has 1 amide bonds. The van der Waals surface area contributed by atoms with Gasteiger partial charge in [0.05, 0.1) is 23.5 Å². The van der Waals surface area contributed by atoms with Gasteiger partial charge >= 0.3 is 5.69 Å². The Labute approximate surface area is 234 Å². The topological polar surface area (TPSA) is 81.3 Å². The third-order valence-electron chi connectivity index (χ3n) is 8.26. The highest BCUT2D eigenvalue weighted by Crippen LogP contribution is 2.41. The molecule has 208 valence electrons. The summed E-state index contributed by atoms with van der Waals surface area (Å²) in [5, 5.41) is 7.24. The Morgan fingerprint density at radius 2 is 1.95 bits per heavy atom. The molecule has 5 rings (SSSR count). The molecular formula is C31H41N5O2S. The molecule has 39 heavy (non-hydrogen) atoms. The fourth-order valence-electron chi connectivity index (χ4n) is 5.97. The Hall–Kier alpha value is -3.00. The Kier molecular flexibility index (Phi) is 7.44. The van der Waals surface area contributed by atoms with Gasteiger partial charge < -0.3 is 5.32 Å². The van der Waals surface area contributed by atoms with Crippen molar-refractivity contribution in [3.05, 3.63) is 62.7 Å². The maximum Gasteiger partial charge on any atom is 0.330 e. The maximum atomic E-state index is 13.1. The zero-order chi connectivity index (χ0) is 27.9. The summed E-state index contributed by atoms with van der Waals surface area (Å²) in [6, 6.07) is 10.3. The Morgan fingerprint density at radius 1 is 1.21 bits per heavy atom. The van der Waals surface area contributed by atoms with Crippen LogP contribution in [0, 0.1) is 16.7 Å². The Morgan fingerprint density at radius 3 is 2.67 bits per heavy atom. The van der Waals surface area contributed by atoms with Crippen LogP contribution in [0.15, 0.2) is 45.5 Å². The normalized spacial score (nSPS) is 22.5. The van der Waals surface area contributed by atoms with Crippen LogP contribution in [0.4, 0.5) is 0 Å². The minimum absolute atomic E-state index is 0.00274. The van der Waals surface area contributed by atoms with Crippen molar-refractivity contribution >= 4 is 23.3 Å². The third kappa shape index (κ3) is 5.96. The monoisotopic (exact) mass is 547 g/mol. The predicted octanol–water partition coefficient (Wildman–Crippen LogP) is 4.08. The summed E-state index contributed by atoms with van der Waals surface area (Å²) < 4.78 is 3.58. The van der Waals surface area contributed by atoms with Crippen molar-refractivity contribution in [3.63, 3.8) is 0 Å². The second-order valence-electron chi connectivity index (χ2n) is 13.2. The number of thiazole rings is 1. The molecule has 1 saturated carbocycles. The predicted molar refractivity (Wildman–Crippen MR) is 157 cm³/mol. The van der Waals surface area contributed by atoms with Crippen molar-refractivity contribution in [3.8, 4) is 10.6 Å². The van der Waals surface area contributed by atoms with E-state index in [1.165, 1.54) is 0 Å². The van der Waals surface area contributed by atoms with Gasteiger partial charge in [-0.2, -0.15) is 0 Å². The van der Waals surface area contributed by atoms with Crippen LogP contribution >= 0.6 is 11.3 Å². The van der Waals surface area contributed by atoms with Crippen LogP contribution in [0.3, 0.4) is 0 Å². The molecule has 3 unspecified atom stereocenters. The fourth-order valence-corrected chi connectivity index (χ4v) is 6.80. The van der Waals surface area contributed by atoms with Crippen molar-refractivity contribution in [1.29, 1.82) is 0 Å². The first-order valence-corrected chi connectivity index (χ1v) is 14.9. The summed E-state index contributed by atoms with van der Waals surface area (Å²) in [6.07, 6.45) is 6.31. The van der Waals surface area contributed by atoms with Crippen molar-refractivity contribution < 1.29 is 4.79 Å². The molecule has 1 fully saturated rings. The van der Waals surface area contributed by atoms with E-state index in [1.807, 2.05) is 47.3 Å². The number of imidazole rings is 1. The van der Waals surface area contributed by atoms with Gasteiger partial charge in [-0.05, 0) is 42.4 Å². The molecule has 3 aromatic rings. The number of carbonyl (C=O) groups is 1. The molecular weight excluding hydrogens is 506 g/mol. The molecule has 7 nitrogen and oxygen atoms in total. The van der Waals surface area contributed by atoms with E-state index < -0.39 is 0 Å². The van der Waals surface area contributed by atoms with Crippen molar-refractivity contribution in [2.75, 3.05) is 0 Å². The molecule has 2 aliphatic rings. The molecule has 1 N–H and O–H groups in total. The summed E-state index contributed by atoms with van der Waals surface area (Å²) >= 11 is 1.58. The van der Waals surface area contributed by atoms with Crippen molar-refractivity contribution in [2.24, 2.45) is 28.8 Å². The van der Waals surface area contributed by atoms with Crippen LogP contribution in [-0.2, 0) is 24.8 Å². The maximum absolute atomic E-state index is 13.1. The zero-order valence-electron chi connectivity index (χ0n) is 24.0. The third-order valence-corrected chi connectivity index (χ3v) is 9.20. The SMILES string of the molecule is Cn1c2c(n(CC(C)(C)C)c1=O)=CCC(C1CCC(C)(C)C(NC(=O)Cc3csc(-c4ccccc4)n3)C1)N=2. The first-order chi connectivity index (χ1) is 18.4. The van der Waals surface area contributed by atoms with Gasteiger partial charge in [-0.1, -0.05) is 71.0 Å². The zero-order valence-corrected chi connectivity index (χ0v) is 24.8. The molecule has 0 radical (unpaired) electrons. The second-order valence-corrected chi connectivity index (χ2v) is 14.0. The number of fused-ring (bicyclic) bond motifs is 1. The highest BCUT2D eigenvalue weighted by atomic mass is 32.1. The van der Waals surface area contributed by atoms with Gasteiger partial charge in [-0.3, -0.25) is 18.9 Å². The molecule has 0 bridgehead atoms. The largest absolute Gasteiger partial charge is 0.352 e. The molecule has 0 saturated heterocycles. The number of benzene rings is 1. The molecule has 3 heterocycles. The van der Waals surface area contributed by atoms with E-state index in [1.54, 1.807) is 15.9 Å². The molecule has 1 aliphatic carbocycles. The van der Waals surface area contributed by atoms with E-state index in [9.17, 15) is 9.59 Å². The summed E-state index contributed by atoms with van der Waals surface area (Å²) in [4.78, 5) is 36.0. The van der Waals surface area contributed by atoms with Crippen LogP contribution in [0.1, 0.15) is 66.0 Å². The molecule has 8 heteroatoms. The minimum atomic E-state index is 0.00274. The lowest BCUT2D eigenvalue weighted by molar-refractivity contribution is -0.122. The number of hydrogen-bond acceptors (Lipinski definition) is 5. The van der Waals surface area contributed by atoms with E-state index in [0.717, 1.165) is 52.8 Å². The lowest BCUT2D eigenvalue weighted by atomic mass is 9.67. The van der Waals surface area contributed by atoms with E-state index in [4.69, 9.17) is 9.98 Å². The van der Waals surface area contributed by atoms with Crippen LogP contribution < -0.4 is 21.8 Å². The van der Waals surface area contributed by atoms with Crippen LogP contribution in [0.25, 0.3) is 16.6 Å². The Bertz CT molecular complexity index is 1520. The lowest BCUT2D eigenvalue weighted by Crippen LogP contribution is -2.51. The van der Waals surface area contributed by atoms with E-state index in [2.05, 4.69) is 46.0 Å². The van der Waals surface area contributed by atoms with Crippen LogP contribution in [0.5, 0.6) is 0 Å². The van der Waals surface area contributed by atoms with E-state index in [-0.39, 0.29) is 40.9 Å². The van der Waals surface area contributed by atoms with Gasteiger partial charge in [-0.25, -0.2) is 9.78 Å². The summed E-state index contributed by atoms with van der Waals surface area (Å²) in [5.74, 6) is 0.382. The lowest BCUT2D eigenvalue weighted by Gasteiger charge is -2.44. The summed E-state index contributed by atoms with van der Waals surface area (Å²) in [7, 11) is 1.83. The Balaban J connectivity index is 1.29. The van der Waals surface area contributed by atoms with Crippen LogP contribution in [0.2, 0.25) is 0 Å². The number of rotatable bonds is 6. The first kappa shape index (κ1) is 27.6. The van der Waals surface area contributed by atoms with Gasteiger partial charge in [0, 0.05) is 30.6 Å². The van der Waals surface area contributed by atoms with Gasteiger partial charge in [0.25, 0.3) is 0 Å². The van der Waals surface area contributed by atoms with Gasteiger partial charge in [0.2, 0.25) is 5.91 Å². The van der Waals surface area contributed by atoms with Crippen LogP contribution in [-0.4, -0.2) is 32.1 Å². The highest BCUT2D eigenvalue weighted by molar-refractivity contribution is 7.13. The van der Waals surface area contributed by atoms with E-state index >= 15 is 0 Å². The summed E-state index contributed by atoms with van der Waals surface area (Å²) in [6.45, 7) is 11.6. The summed E-state index contributed by atoms with van der Waals surface area (Å²) in [5.41, 5.74) is 2.70. The van der Waals surface area contributed by atoms with E-state index in [0.29, 0.717) is 12.5 Å². The fraction of sp³-hybridized carbons (Fsp3) is 0.548. The van der Waals surface area contributed by atoms with Gasteiger partial charge in [0.1, 0.15) is 5.01 Å². The number of carbonyl (C=O) groups excluding carboxylic acids is 1. The number of nitrogens with zero attached hydrogens (tertiary/aromatic N) is 4. The second kappa shape index (κ2) is 10.5. The number of nitrogens with one attached hydrogen (secondary N) is 1. The highest BCUT2D eigenvalue weighted by Gasteiger charge is 2.40. The average Bonchev–Trinajstić information content (AvgIpc) is 3.43. The molecule has 0 spiro atoms. The smallest absolute Gasteiger partial charge is 0.330 e. The quantitative estimate of drug-likeness (QED) is 0.505. The molecule has 1 aromatic carbocycles. The number of amides is 1. The van der Waals surface area contributed by atoms with Crippen molar-refractivity contribution in [2.45, 2.75) is 85.4 Å². The molecule has 1 aliphatic heterocycles. The average molecular weight is 548 g/mol.